The lowest BCUT2D eigenvalue weighted by atomic mass is 9.90. The maximum absolute atomic E-state index is 11.2. The summed E-state index contributed by atoms with van der Waals surface area (Å²) >= 11 is 0. The minimum atomic E-state index is -0.729. The quantitative estimate of drug-likeness (QED) is 0.934. The number of aromatic nitrogens is 2. The molecule has 0 amide bonds. The SMILES string of the molecule is Cc1cccc(-c2noc(CN3CC(C)CC(C(=O)O)C3)n2)c1. The van der Waals surface area contributed by atoms with E-state index < -0.39 is 5.97 Å². The van der Waals surface area contributed by atoms with Gasteiger partial charge in [-0.05, 0) is 25.3 Å². The number of piperidine rings is 1. The predicted molar refractivity (Wildman–Crippen MR) is 84.7 cm³/mol. The summed E-state index contributed by atoms with van der Waals surface area (Å²) in [6.07, 6.45) is 0.726. The van der Waals surface area contributed by atoms with Crippen LogP contribution in [0.15, 0.2) is 28.8 Å². The molecule has 1 aliphatic heterocycles. The fourth-order valence-corrected chi connectivity index (χ4v) is 3.18. The fourth-order valence-electron chi connectivity index (χ4n) is 3.18. The van der Waals surface area contributed by atoms with E-state index in [2.05, 4.69) is 22.0 Å². The van der Waals surface area contributed by atoms with Gasteiger partial charge in [0.25, 0.3) is 0 Å². The summed E-state index contributed by atoms with van der Waals surface area (Å²) in [4.78, 5) is 17.8. The van der Waals surface area contributed by atoms with Gasteiger partial charge < -0.3 is 9.63 Å². The number of rotatable bonds is 4. The summed E-state index contributed by atoms with van der Waals surface area (Å²) in [6.45, 7) is 5.97. The van der Waals surface area contributed by atoms with E-state index in [-0.39, 0.29) is 5.92 Å². The molecule has 0 aliphatic carbocycles. The Balaban J connectivity index is 1.70. The monoisotopic (exact) mass is 315 g/mol. The van der Waals surface area contributed by atoms with E-state index in [4.69, 9.17) is 4.52 Å². The first kappa shape index (κ1) is 15.7. The minimum Gasteiger partial charge on any atom is -0.481 e. The molecule has 1 aromatic heterocycles. The van der Waals surface area contributed by atoms with E-state index in [0.717, 1.165) is 24.1 Å². The third kappa shape index (κ3) is 3.76. The molecule has 23 heavy (non-hydrogen) atoms. The summed E-state index contributed by atoms with van der Waals surface area (Å²) in [5.41, 5.74) is 2.07. The molecule has 0 spiro atoms. The van der Waals surface area contributed by atoms with Gasteiger partial charge in [-0.25, -0.2) is 0 Å². The zero-order valence-electron chi connectivity index (χ0n) is 13.4. The first-order valence-electron chi connectivity index (χ1n) is 7.86. The molecule has 0 bridgehead atoms. The maximum Gasteiger partial charge on any atom is 0.307 e. The zero-order chi connectivity index (χ0) is 16.4. The van der Waals surface area contributed by atoms with E-state index >= 15 is 0 Å². The van der Waals surface area contributed by atoms with Crippen molar-refractivity contribution < 1.29 is 14.4 Å². The van der Waals surface area contributed by atoms with Crippen molar-refractivity contribution in [2.24, 2.45) is 11.8 Å². The first-order valence-corrected chi connectivity index (χ1v) is 7.86. The fraction of sp³-hybridized carbons (Fsp3) is 0.471. The van der Waals surface area contributed by atoms with Crippen molar-refractivity contribution in [1.29, 1.82) is 0 Å². The molecule has 2 unspecified atom stereocenters. The van der Waals surface area contributed by atoms with Gasteiger partial charge in [0.1, 0.15) is 0 Å². The standard InChI is InChI=1S/C17H21N3O3/c1-11-4-3-5-13(6-11)16-18-15(23-19-16)10-20-8-12(2)7-14(9-20)17(21)22/h3-6,12,14H,7-10H2,1-2H3,(H,21,22). The number of aryl methyl sites for hydroxylation is 1. The van der Waals surface area contributed by atoms with E-state index in [1.54, 1.807) is 0 Å². The molecule has 1 aromatic carbocycles. The lowest BCUT2D eigenvalue weighted by molar-refractivity contribution is -0.144. The van der Waals surface area contributed by atoms with Gasteiger partial charge in [-0.15, -0.1) is 0 Å². The molecule has 6 nitrogen and oxygen atoms in total. The lowest BCUT2D eigenvalue weighted by Gasteiger charge is -2.33. The molecular formula is C17H21N3O3. The second-order valence-electron chi connectivity index (χ2n) is 6.45. The van der Waals surface area contributed by atoms with Crippen LogP contribution in [0.2, 0.25) is 0 Å². The van der Waals surface area contributed by atoms with Gasteiger partial charge in [-0.2, -0.15) is 4.98 Å². The van der Waals surface area contributed by atoms with Crippen LogP contribution in [-0.4, -0.2) is 39.2 Å². The molecule has 0 radical (unpaired) electrons. The number of nitrogens with zero attached hydrogens (tertiary/aromatic N) is 3. The van der Waals surface area contributed by atoms with Crippen LogP contribution in [-0.2, 0) is 11.3 Å². The summed E-state index contributed by atoms with van der Waals surface area (Å²) in [5, 5.41) is 13.3. The molecule has 1 aliphatic rings. The van der Waals surface area contributed by atoms with Crippen LogP contribution < -0.4 is 0 Å². The van der Waals surface area contributed by atoms with E-state index in [1.807, 2.05) is 31.2 Å². The van der Waals surface area contributed by atoms with Gasteiger partial charge in [0.05, 0.1) is 12.5 Å². The van der Waals surface area contributed by atoms with Gasteiger partial charge in [-0.3, -0.25) is 9.69 Å². The Bertz CT molecular complexity index is 698. The molecule has 1 N–H and O–H groups in total. The average Bonchev–Trinajstić information content (AvgIpc) is 2.95. The third-order valence-corrected chi connectivity index (χ3v) is 4.19. The Labute approximate surface area is 135 Å². The van der Waals surface area contributed by atoms with Gasteiger partial charge in [0, 0.05) is 18.7 Å². The highest BCUT2D eigenvalue weighted by molar-refractivity contribution is 5.70. The summed E-state index contributed by atoms with van der Waals surface area (Å²) in [7, 11) is 0. The largest absolute Gasteiger partial charge is 0.481 e. The number of carbonyl (C=O) groups is 1. The van der Waals surface area contributed by atoms with Crippen LogP contribution in [0.4, 0.5) is 0 Å². The molecule has 1 saturated heterocycles. The molecule has 1 fully saturated rings. The Morgan fingerprint density at radius 2 is 2.26 bits per heavy atom. The van der Waals surface area contributed by atoms with Crippen LogP contribution >= 0.6 is 0 Å². The van der Waals surface area contributed by atoms with Crippen LogP contribution in [0.1, 0.15) is 24.8 Å². The van der Waals surface area contributed by atoms with Gasteiger partial charge in [0.15, 0.2) is 0 Å². The summed E-state index contributed by atoms with van der Waals surface area (Å²) in [5.74, 6) is 0.401. The number of hydrogen-bond acceptors (Lipinski definition) is 5. The van der Waals surface area contributed by atoms with Gasteiger partial charge in [-0.1, -0.05) is 35.8 Å². The van der Waals surface area contributed by atoms with E-state index in [9.17, 15) is 9.90 Å². The van der Waals surface area contributed by atoms with Crippen molar-refractivity contribution in [3.05, 3.63) is 35.7 Å². The van der Waals surface area contributed by atoms with Crippen molar-refractivity contribution in [3.63, 3.8) is 0 Å². The lowest BCUT2D eigenvalue weighted by Crippen LogP contribution is -2.42. The Morgan fingerprint density at radius 3 is 3.00 bits per heavy atom. The van der Waals surface area contributed by atoms with Crippen molar-refractivity contribution in [2.45, 2.75) is 26.8 Å². The highest BCUT2D eigenvalue weighted by Gasteiger charge is 2.30. The van der Waals surface area contributed by atoms with Crippen LogP contribution in [0.5, 0.6) is 0 Å². The molecule has 2 atom stereocenters. The second kappa shape index (κ2) is 6.50. The molecule has 2 heterocycles. The third-order valence-electron chi connectivity index (χ3n) is 4.19. The number of hydrogen-bond donors (Lipinski definition) is 1. The number of aliphatic carboxylic acids is 1. The molecule has 122 valence electrons. The topological polar surface area (TPSA) is 79.5 Å². The highest BCUT2D eigenvalue weighted by Crippen LogP contribution is 2.24. The second-order valence-corrected chi connectivity index (χ2v) is 6.45. The Hall–Kier alpha value is -2.21. The normalized spacial score (nSPS) is 22.2. The van der Waals surface area contributed by atoms with E-state index in [0.29, 0.717) is 30.7 Å². The van der Waals surface area contributed by atoms with Gasteiger partial charge >= 0.3 is 5.97 Å². The number of carboxylic acid groups (broad SMARTS) is 1. The summed E-state index contributed by atoms with van der Waals surface area (Å²) in [6, 6.07) is 7.94. The molecule has 3 rings (SSSR count). The zero-order valence-corrected chi connectivity index (χ0v) is 13.4. The average molecular weight is 315 g/mol. The van der Waals surface area contributed by atoms with E-state index in [1.165, 1.54) is 0 Å². The highest BCUT2D eigenvalue weighted by atomic mass is 16.5. The maximum atomic E-state index is 11.2. The number of carboxylic acids is 1. The van der Waals surface area contributed by atoms with Crippen LogP contribution in [0.25, 0.3) is 11.4 Å². The summed E-state index contributed by atoms with van der Waals surface area (Å²) < 4.78 is 5.34. The smallest absolute Gasteiger partial charge is 0.307 e. The number of likely N-dealkylation sites (tertiary alicyclic amines) is 1. The Kier molecular flexibility index (Phi) is 4.43. The van der Waals surface area contributed by atoms with Crippen molar-refractivity contribution in [1.82, 2.24) is 15.0 Å². The van der Waals surface area contributed by atoms with Gasteiger partial charge in [0.2, 0.25) is 11.7 Å². The molecular weight excluding hydrogens is 294 g/mol. The molecule has 2 aromatic rings. The van der Waals surface area contributed by atoms with Crippen molar-refractivity contribution in [2.75, 3.05) is 13.1 Å². The number of benzene rings is 1. The minimum absolute atomic E-state index is 0.321. The van der Waals surface area contributed by atoms with Crippen LogP contribution in [0, 0.1) is 18.8 Å². The molecule has 6 heteroatoms. The molecule has 0 saturated carbocycles. The first-order chi connectivity index (χ1) is 11.0. The van der Waals surface area contributed by atoms with Crippen LogP contribution in [0.3, 0.4) is 0 Å². The predicted octanol–water partition coefficient (Wildman–Crippen LogP) is 2.59. The van der Waals surface area contributed by atoms with Crippen molar-refractivity contribution in [3.8, 4) is 11.4 Å². The Morgan fingerprint density at radius 1 is 1.43 bits per heavy atom. The van der Waals surface area contributed by atoms with Crippen molar-refractivity contribution >= 4 is 5.97 Å².